The third kappa shape index (κ3) is 2.65. The van der Waals surface area contributed by atoms with E-state index in [0.29, 0.717) is 5.02 Å². The van der Waals surface area contributed by atoms with Gasteiger partial charge < -0.3 is 5.73 Å². The molecule has 0 bridgehead atoms. The van der Waals surface area contributed by atoms with Gasteiger partial charge in [-0.1, -0.05) is 23.7 Å². The van der Waals surface area contributed by atoms with Gasteiger partial charge in [-0.15, -0.1) is 0 Å². The molecule has 1 heterocycles. The Kier molecular flexibility index (Phi) is 3.46. The fourth-order valence-electron chi connectivity index (χ4n) is 1.79. The Hall–Kier alpha value is -1.38. The van der Waals surface area contributed by atoms with E-state index in [-0.39, 0.29) is 6.04 Å². The van der Waals surface area contributed by atoms with E-state index in [4.69, 9.17) is 17.3 Å². The van der Waals surface area contributed by atoms with Crippen molar-refractivity contribution < 1.29 is 0 Å². The molecule has 0 radical (unpaired) electrons. The third-order valence-corrected chi connectivity index (χ3v) is 3.10. The van der Waals surface area contributed by atoms with Crippen LogP contribution in [0.2, 0.25) is 5.02 Å². The summed E-state index contributed by atoms with van der Waals surface area (Å²) in [4.78, 5) is 4.26. The molecule has 0 aliphatic rings. The first-order valence-electron chi connectivity index (χ1n) is 5.52. The molecular formula is C14H15ClN2. The molecule has 0 saturated heterocycles. The Bertz CT molecular complexity index is 520. The normalized spacial score (nSPS) is 12.5. The number of hydrogen-bond acceptors (Lipinski definition) is 2. The van der Waals surface area contributed by atoms with Crippen LogP contribution in [0.1, 0.15) is 28.4 Å². The van der Waals surface area contributed by atoms with Crippen LogP contribution in [-0.2, 0) is 0 Å². The second-order valence-corrected chi connectivity index (χ2v) is 4.65. The summed E-state index contributed by atoms with van der Waals surface area (Å²) in [6.45, 7) is 3.99. The van der Waals surface area contributed by atoms with Crippen LogP contribution in [0, 0.1) is 13.8 Å². The van der Waals surface area contributed by atoms with E-state index in [1.54, 1.807) is 0 Å². The van der Waals surface area contributed by atoms with Crippen LogP contribution >= 0.6 is 11.6 Å². The molecule has 2 aromatic rings. The minimum Gasteiger partial charge on any atom is -0.320 e. The molecule has 0 aliphatic carbocycles. The molecule has 1 unspecified atom stereocenters. The Labute approximate surface area is 106 Å². The maximum atomic E-state index is 6.24. The van der Waals surface area contributed by atoms with Crippen molar-refractivity contribution in [2.24, 2.45) is 5.73 Å². The molecule has 2 nitrogen and oxygen atoms in total. The highest BCUT2D eigenvalue weighted by molar-refractivity contribution is 6.30. The predicted molar refractivity (Wildman–Crippen MR) is 71.2 cm³/mol. The first-order valence-corrected chi connectivity index (χ1v) is 5.90. The Morgan fingerprint density at radius 1 is 1.18 bits per heavy atom. The summed E-state index contributed by atoms with van der Waals surface area (Å²) in [5.74, 6) is 0. The van der Waals surface area contributed by atoms with Crippen LogP contribution in [-0.4, -0.2) is 4.98 Å². The molecule has 88 valence electrons. The van der Waals surface area contributed by atoms with Crippen LogP contribution in [0.3, 0.4) is 0 Å². The van der Waals surface area contributed by atoms with Crippen LogP contribution < -0.4 is 5.73 Å². The molecule has 0 amide bonds. The van der Waals surface area contributed by atoms with E-state index >= 15 is 0 Å². The standard InChI is InChI=1S/C14H15ClN2/c1-9-3-6-12(15)7-13(9)14(16)11-5-4-10(2)17-8-11/h3-8,14H,16H2,1-2H3. The number of benzene rings is 1. The highest BCUT2D eigenvalue weighted by Crippen LogP contribution is 2.25. The van der Waals surface area contributed by atoms with Crippen LogP contribution in [0.15, 0.2) is 36.5 Å². The van der Waals surface area contributed by atoms with E-state index in [0.717, 1.165) is 22.4 Å². The predicted octanol–water partition coefficient (Wildman–Crippen LogP) is 3.40. The molecule has 1 aromatic heterocycles. The maximum absolute atomic E-state index is 6.24. The minimum absolute atomic E-state index is 0.179. The molecule has 2 N–H and O–H groups in total. The zero-order valence-electron chi connectivity index (χ0n) is 9.94. The lowest BCUT2D eigenvalue weighted by atomic mass is 9.97. The minimum atomic E-state index is -0.179. The van der Waals surface area contributed by atoms with E-state index < -0.39 is 0 Å². The number of pyridine rings is 1. The fraction of sp³-hybridized carbons (Fsp3) is 0.214. The van der Waals surface area contributed by atoms with E-state index in [1.165, 1.54) is 0 Å². The van der Waals surface area contributed by atoms with Crippen LogP contribution in [0.25, 0.3) is 0 Å². The average Bonchev–Trinajstić information content (AvgIpc) is 2.32. The van der Waals surface area contributed by atoms with Crippen molar-refractivity contribution in [1.29, 1.82) is 0 Å². The average molecular weight is 247 g/mol. The van der Waals surface area contributed by atoms with Crippen LogP contribution in [0.5, 0.6) is 0 Å². The zero-order chi connectivity index (χ0) is 12.4. The topological polar surface area (TPSA) is 38.9 Å². The number of aromatic nitrogens is 1. The van der Waals surface area contributed by atoms with Gasteiger partial charge in [0.25, 0.3) is 0 Å². The summed E-state index contributed by atoms with van der Waals surface area (Å²) in [7, 11) is 0. The summed E-state index contributed by atoms with van der Waals surface area (Å²) in [6.07, 6.45) is 1.82. The van der Waals surface area contributed by atoms with Gasteiger partial charge in [-0.3, -0.25) is 4.98 Å². The van der Waals surface area contributed by atoms with Crippen molar-refractivity contribution in [3.05, 3.63) is 63.9 Å². The number of hydrogen-bond donors (Lipinski definition) is 1. The largest absolute Gasteiger partial charge is 0.320 e. The smallest absolute Gasteiger partial charge is 0.0570 e. The van der Waals surface area contributed by atoms with Crippen molar-refractivity contribution in [3.63, 3.8) is 0 Å². The number of nitrogens with zero attached hydrogens (tertiary/aromatic N) is 1. The lowest BCUT2D eigenvalue weighted by molar-refractivity contribution is 0.851. The molecule has 1 atom stereocenters. The molecule has 0 saturated carbocycles. The van der Waals surface area contributed by atoms with Gasteiger partial charge in [0.1, 0.15) is 0 Å². The molecule has 0 fully saturated rings. The lowest BCUT2D eigenvalue weighted by Crippen LogP contribution is -2.13. The molecule has 1 aromatic carbocycles. The van der Waals surface area contributed by atoms with Crippen molar-refractivity contribution in [1.82, 2.24) is 4.98 Å². The summed E-state index contributed by atoms with van der Waals surface area (Å²) in [5.41, 5.74) is 10.4. The lowest BCUT2D eigenvalue weighted by Gasteiger charge is -2.15. The quantitative estimate of drug-likeness (QED) is 0.882. The summed E-state index contributed by atoms with van der Waals surface area (Å²) in [6, 6.07) is 9.57. The highest BCUT2D eigenvalue weighted by atomic mass is 35.5. The SMILES string of the molecule is Cc1ccc(C(N)c2cc(Cl)ccc2C)cn1. The van der Waals surface area contributed by atoms with E-state index in [9.17, 15) is 0 Å². The van der Waals surface area contributed by atoms with Crippen LogP contribution in [0.4, 0.5) is 0 Å². The van der Waals surface area contributed by atoms with Gasteiger partial charge in [0.05, 0.1) is 6.04 Å². The zero-order valence-corrected chi connectivity index (χ0v) is 10.7. The van der Waals surface area contributed by atoms with E-state index in [2.05, 4.69) is 4.98 Å². The van der Waals surface area contributed by atoms with Crippen molar-refractivity contribution in [2.75, 3.05) is 0 Å². The molecular weight excluding hydrogens is 232 g/mol. The first kappa shape index (κ1) is 12.1. The van der Waals surface area contributed by atoms with Crippen molar-refractivity contribution in [3.8, 4) is 0 Å². The van der Waals surface area contributed by atoms with Gasteiger partial charge in [0.2, 0.25) is 0 Å². The van der Waals surface area contributed by atoms with Gasteiger partial charge in [-0.05, 0) is 48.7 Å². The summed E-state index contributed by atoms with van der Waals surface area (Å²) >= 11 is 6.00. The first-order chi connectivity index (χ1) is 8.08. The summed E-state index contributed by atoms with van der Waals surface area (Å²) in [5, 5.41) is 0.709. The number of rotatable bonds is 2. The number of aryl methyl sites for hydroxylation is 2. The molecule has 0 spiro atoms. The molecule has 17 heavy (non-hydrogen) atoms. The fourth-order valence-corrected chi connectivity index (χ4v) is 1.97. The number of halogens is 1. The monoisotopic (exact) mass is 246 g/mol. The van der Waals surface area contributed by atoms with Gasteiger partial charge in [-0.25, -0.2) is 0 Å². The van der Waals surface area contributed by atoms with Gasteiger partial charge in [0, 0.05) is 16.9 Å². The maximum Gasteiger partial charge on any atom is 0.0570 e. The molecule has 2 rings (SSSR count). The Morgan fingerprint density at radius 3 is 2.59 bits per heavy atom. The van der Waals surface area contributed by atoms with E-state index in [1.807, 2.05) is 50.4 Å². The van der Waals surface area contributed by atoms with Crippen molar-refractivity contribution >= 4 is 11.6 Å². The van der Waals surface area contributed by atoms with Gasteiger partial charge >= 0.3 is 0 Å². The second-order valence-electron chi connectivity index (χ2n) is 4.21. The van der Waals surface area contributed by atoms with Crippen molar-refractivity contribution in [2.45, 2.75) is 19.9 Å². The second kappa shape index (κ2) is 4.86. The molecule has 0 aliphatic heterocycles. The summed E-state index contributed by atoms with van der Waals surface area (Å²) < 4.78 is 0. The highest BCUT2D eigenvalue weighted by Gasteiger charge is 2.12. The van der Waals surface area contributed by atoms with Gasteiger partial charge in [-0.2, -0.15) is 0 Å². The third-order valence-electron chi connectivity index (χ3n) is 2.87. The van der Waals surface area contributed by atoms with Gasteiger partial charge in [0.15, 0.2) is 0 Å². The number of nitrogens with two attached hydrogens (primary N) is 1. The Morgan fingerprint density at radius 2 is 1.94 bits per heavy atom. The molecule has 3 heteroatoms. The Balaban J connectivity index is 2.39.